The molecular weight excluding hydrogens is 284 g/mol. The Balaban J connectivity index is 2.27. The van der Waals surface area contributed by atoms with E-state index in [1.54, 1.807) is 24.3 Å². The van der Waals surface area contributed by atoms with E-state index in [1.807, 2.05) is 25.1 Å². The molecule has 0 radical (unpaired) electrons. The van der Waals surface area contributed by atoms with Gasteiger partial charge in [0.05, 0.1) is 16.3 Å². The number of nitrogens with one attached hydrogen (secondary N) is 1. The van der Waals surface area contributed by atoms with Crippen molar-refractivity contribution in [3.8, 4) is 0 Å². The molecule has 0 atom stereocenters. The number of hydrogen-bond acceptors (Lipinski definition) is 3. The van der Waals surface area contributed by atoms with E-state index in [0.29, 0.717) is 11.4 Å². The van der Waals surface area contributed by atoms with Gasteiger partial charge in [0.1, 0.15) is 0 Å². The highest BCUT2D eigenvalue weighted by Crippen LogP contribution is 2.23. The van der Waals surface area contributed by atoms with Crippen molar-refractivity contribution < 1.29 is 8.42 Å². The predicted molar refractivity (Wildman–Crippen MR) is 86.8 cm³/mol. The zero-order valence-corrected chi connectivity index (χ0v) is 13.1. The van der Waals surface area contributed by atoms with Crippen LogP contribution in [0.3, 0.4) is 0 Å². The number of anilines is 2. The summed E-state index contributed by atoms with van der Waals surface area (Å²) in [5, 5.41) is 0. The van der Waals surface area contributed by atoms with E-state index in [9.17, 15) is 8.42 Å². The number of rotatable bonds is 5. The standard InChI is InChI=1S/C16H20N2O2S/c1-3-4-13-6-8-14(9-7-13)21(19,20)18-16-11-12(2)5-10-15(16)17/h5-11,18H,3-4,17H2,1-2H3. The molecule has 0 aliphatic heterocycles. The molecule has 0 heterocycles. The molecule has 0 saturated heterocycles. The maximum absolute atomic E-state index is 12.4. The Morgan fingerprint density at radius 3 is 2.38 bits per heavy atom. The fraction of sp³-hybridized carbons (Fsp3) is 0.250. The molecule has 2 aromatic carbocycles. The van der Waals surface area contributed by atoms with Crippen molar-refractivity contribution in [3.05, 3.63) is 53.6 Å². The summed E-state index contributed by atoms with van der Waals surface area (Å²) >= 11 is 0. The molecule has 0 unspecified atom stereocenters. The highest BCUT2D eigenvalue weighted by atomic mass is 32.2. The fourth-order valence-corrected chi connectivity index (χ4v) is 3.16. The van der Waals surface area contributed by atoms with Crippen molar-refractivity contribution in [3.63, 3.8) is 0 Å². The minimum absolute atomic E-state index is 0.239. The van der Waals surface area contributed by atoms with Crippen LogP contribution in [0.2, 0.25) is 0 Å². The van der Waals surface area contributed by atoms with Gasteiger partial charge in [-0.1, -0.05) is 31.5 Å². The van der Waals surface area contributed by atoms with Crippen LogP contribution in [0.5, 0.6) is 0 Å². The van der Waals surface area contributed by atoms with Crippen molar-refractivity contribution in [1.29, 1.82) is 0 Å². The van der Waals surface area contributed by atoms with E-state index < -0.39 is 10.0 Å². The van der Waals surface area contributed by atoms with E-state index in [1.165, 1.54) is 0 Å². The van der Waals surface area contributed by atoms with E-state index in [4.69, 9.17) is 5.73 Å². The molecule has 0 fully saturated rings. The average Bonchev–Trinajstić information content (AvgIpc) is 2.44. The average molecular weight is 304 g/mol. The summed E-state index contributed by atoms with van der Waals surface area (Å²) in [5.41, 5.74) is 8.71. The number of hydrogen-bond donors (Lipinski definition) is 2. The van der Waals surface area contributed by atoms with Crippen LogP contribution in [0.1, 0.15) is 24.5 Å². The first-order chi connectivity index (χ1) is 9.92. The van der Waals surface area contributed by atoms with Gasteiger partial charge < -0.3 is 5.73 Å². The summed E-state index contributed by atoms with van der Waals surface area (Å²) in [7, 11) is -3.61. The van der Waals surface area contributed by atoms with Gasteiger partial charge in [0.2, 0.25) is 0 Å². The lowest BCUT2D eigenvalue weighted by atomic mass is 10.1. The number of nitrogens with two attached hydrogens (primary N) is 1. The van der Waals surface area contributed by atoms with Crippen LogP contribution < -0.4 is 10.5 Å². The Bertz CT molecular complexity index is 722. The number of benzene rings is 2. The van der Waals surface area contributed by atoms with Crippen LogP contribution >= 0.6 is 0 Å². The molecule has 2 rings (SSSR count). The second kappa shape index (κ2) is 6.18. The zero-order valence-electron chi connectivity index (χ0n) is 12.3. The third kappa shape index (κ3) is 3.76. The van der Waals surface area contributed by atoms with Crippen LogP contribution in [0.25, 0.3) is 0 Å². The van der Waals surface area contributed by atoms with Gasteiger partial charge >= 0.3 is 0 Å². The first-order valence-corrected chi connectivity index (χ1v) is 8.38. The summed E-state index contributed by atoms with van der Waals surface area (Å²) in [6.45, 7) is 3.98. The van der Waals surface area contributed by atoms with Crippen molar-refractivity contribution in [2.45, 2.75) is 31.6 Å². The molecule has 0 aromatic heterocycles. The molecule has 4 nitrogen and oxygen atoms in total. The zero-order chi connectivity index (χ0) is 15.5. The summed E-state index contributed by atoms with van der Waals surface area (Å²) in [6.07, 6.45) is 1.97. The normalized spacial score (nSPS) is 11.3. The topological polar surface area (TPSA) is 72.2 Å². The lowest BCUT2D eigenvalue weighted by Crippen LogP contribution is -2.14. The first-order valence-electron chi connectivity index (χ1n) is 6.90. The Hall–Kier alpha value is -2.01. The molecule has 2 aromatic rings. The lowest BCUT2D eigenvalue weighted by Gasteiger charge is -2.11. The first kappa shape index (κ1) is 15.4. The van der Waals surface area contributed by atoms with E-state index in [2.05, 4.69) is 11.6 Å². The van der Waals surface area contributed by atoms with E-state index >= 15 is 0 Å². The van der Waals surface area contributed by atoms with Crippen molar-refractivity contribution in [1.82, 2.24) is 0 Å². The van der Waals surface area contributed by atoms with Gasteiger partial charge in [0, 0.05) is 0 Å². The summed E-state index contributed by atoms with van der Waals surface area (Å²) in [6, 6.07) is 12.2. The van der Waals surface area contributed by atoms with Crippen molar-refractivity contribution >= 4 is 21.4 Å². The van der Waals surface area contributed by atoms with Gasteiger partial charge in [-0.05, 0) is 48.7 Å². The van der Waals surface area contributed by atoms with Gasteiger partial charge in [-0.3, -0.25) is 4.72 Å². The summed E-state index contributed by atoms with van der Waals surface area (Å²) < 4.78 is 27.3. The number of aryl methyl sites for hydroxylation is 2. The summed E-state index contributed by atoms with van der Waals surface area (Å²) in [4.78, 5) is 0.239. The van der Waals surface area contributed by atoms with E-state index in [0.717, 1.165) is 24.0 Å². The fourth-order valence-electron chi connectivity index (χ4n) is 2.09. The minimum Gasteiger partial charge on any atom is -0.397 e. The Labute approximate surface area is 126 Å². The van der Waals surface area contributed by atoms with Gasteiger partial charge in [0.25, 0.3) is 10.0 Å². The van der Waals surface area contributed by atoms with Crippen LogP contribution in [-0.4, -0.2) is 8.42 Å². The van der Waals surface area contributed by atoms with Crippen LogP contribution in [0.15, 0.2) is 47.4 Å². The van der Waals surface area contributed by atoms with E-state index in [-0.39, 0.29) is 4.90 Å². The predicted octanol–water partition coefficient (Wildman–Crippen LogP) is 3.33. The Morgan fingerprint density at radius 2 is 1.76 bits per heavy atom. The lowest BCUT2D eigenvalue weighted by molar-refractivity contribution is 0.601. The van der Waals surface area contributed by atoms with Crippen LogP contribution in [0, 0.1) is 6.92 Å². The molecule has 0 aliphatic carbocycles. The third-order valence-corrected chi connectivity index (χ3v) is 4.61. The maximum Gasteiger partial charge on any atom is 0.261 e. The summed E-state index contributed by atoms with van der Waals surface area (Å²) in [5.74, 6) is 0. The molecule has 5 heteroatoms. The van der Waals surface area contributed by atoms with Crippen molar-refractivity contribution in [2.75, 3.05) is 10.5 Å². The molecule has 0 bridgehead atoms. The Morgan fingerprint density at radius 1 is 1.10 bits per heavy atom. The molecular formula is C16H20N2O2S. The molecule has 0 spiro atoms. The molecule has 0 amide bonds. The molecule has 0 saturated carbocycles. The number of nitrogen functional groups attached to an aromatic ring is 1. The Kier molecular flexibility index (Phi) is 4.53. The van der Waals surface area contributed by atoms with Gasteiger partial charge in [-0.15, -0.1) is 0 Å². The van der Waals surface area contributed by atoms with Crippen LogP contribution in [0.4, 0.5) is 11.4 Å². The quantitative estimate of drug-likeness (QED) is 0.832. The second-order valence-corrected chi connectivity index (χ2v) is 6.77. The molecule has 0 aliphatic rings. The SMILES string of the molecule is CCCc1ccc(S(=O)(=O)Nc2cc(C)ccc2N)cc1. The third-order valence-electron chi connectivity index (χ3n) is 3.23. The largest absolute Gasteiger partial charge is 0.397 e. The van der Waals surface area contributed by atoms with Crippen molar-refractivity contribution in [2.24, 2.45) is 0 Å². The second-order valence-electron chi connectivity index (χ2n) is 5.09. The minimum atomic E-state index is -3.61. The smallest absolute Gasteiger partial charge is 0.261 e. The monoisotopic (exact) mass is 304 g/mol. The molecule has 3 N–H and O–H groups in total. The van der Waals surface area contributed by atoms with Gasteiger partial charge in [-0.25, -0.2) is 8.42 Å². The van der Waals surface area contributed by atoms with Crippen LogP contribution in [-0.2, 0) is 16.4 Å². The van der Waals surface area contributed by atoms with Gasteiger partial charge in [0.15, 0.2) is 0 Å². The van der Waals surface area contributed by atoms with Gasteiger partial charge in [-0.2, -0.15) is 0 Å². The highest BCUT2D eigenvalue weighted by Gasteiger charge is 2.15. The number of sulfonamides is 1. The molecule has 21 heavy (non-hydrogen) atoms. The highest BCUT2D eigenvalue weighted by molar-refractivity contribution is 7.92. The maximum atomic E-state index is 12.4. The molecule has 112 valence electrons.